The van der Waals surface area contributed by atoms with Crippen molar-refractivity contribution in [2.24, 2.45) is 0 Å². The average molecular weight is 557 g/mol. The van der Waals surface area contributed by atoms with Gasteiger partial charge in [0.25, 0.3) is 0 Å². The van der Waals surface area contributed by atoms with Gasteiger partial charge in [-0.05, 0) is 54.1 Å². The summed E-state index contributed by atoms with van der Waals surface area (Å²) in [7, 11) is 0. The van der Waals surface area contributed by atoms with E-state index >= 15 is 0 Å². The van der Waals surface area contributed by atoms with Crippen LogP contribution in [0.2, 0.25) is 0 Å². The van der Waals surface area contributed by atoms with Gasteiger partial charge in [0.15, 0.2) is 0 Å². The van der Waals surface area contributed by atoms with Gasteiger partial charge in [-0.25, -0.2) is 19.9 Å². The van der Waals surface area contributed by atoms with Crippen LogP contribution in [0.5, 0.6) is 0 Å². The van der Waals surface area contributed by atoms with Crippen LogP contribution < -0.4 is 0 Å². The van der Waals surface area contributed by atoms with Gasteiger partial charge in [-0.15, -0.1) is 0 Å². The molecule has 0 N–H and O–H groups in total. The summed E-state index contributed by atoms with van der Waals surface area (Å²) < 4.78 is 14.0. The van der Waals surface area contributed by atoms with Crippen molar-refractivity contribution in [3.8, 4) is 45.2 Å². The summed E-state index contributed by atoms with van der Waals surface area (Å²) in [5.74, 6) is -0.520. The summed E-state index contributed by atoms with van der Waals surface area (Å²) in [6.07, 6.45) is 3.51. The molecule has 0 aliphatic carbocycles. The van der Waals surface area contributed by atoms with Crippen molar-refractivity contribution in [3.63, 3.8) is 0 Å². The zero-order valence-electron chi connectivity index (χ0n) is 22.7. The summed E-state index contributed by atoms with van der Waals surface area (Å²) in [6.45, 7) is 0. The molecule has 0 atom stereocenters. The van der Waals surface area contributed by atoms with E-state index in [1.165, 1.54) is 6.07 Å². The Labute approximate surface area is 245 Å². The van der Waals surface area contributed by atoms with E-state index in [1.54, 1.807) is 18.5 Å². The highest BCUT2D eigenvalue weighted by molar-refractivity contribution is 6.03. The molecule has 5 aromatic heterocycles. The fourth-order valence-electron chi connectivity index (χ4n) is 5.40. The first kappa shape index (κ1) is 24.8. The summed E-state index contributed by atoms with van der Waals surface area (Å²) >= 11 is 0. The first-order chi connectivity index (χ1) is 21.2. The lowest BCUT2D eigenvalue weighted by Crippen LogP contribution is -1.99. The van der Waals surface area contributed by atoms with Gasteiger partial charge in [0.1, 0.15) is 11.4 Å². The fraction of sp³-hybridized carbons (Fsp3) is 0. The number of nitrogens with zero attached hydrogens (tertiary/aromatic N) is 6. The predicted molar refractivity (Wildman–Crippen MR) is 167 cm³/mol. The number of benzene rings is 3. The maximum atomic E-state index is 14.0. The largest absolute Gasteiger partial charge is 0.255 e. The zero-order valence-corrected chi connectivity index (χ0v) is 22.7. The summed E-state index contributed by atoms with van der Waals surface area (Å²) in [5, 5.41) is 1.76. The summed E-state index contributed by atoms with van der Waals surface area (Å²) in [4.78, 5) is 28.3. The monoisotopic (exact) mass is 556 g/mol. The molecule has 6 nitrogen and oxygen atoms in total. The fourth-order valence-corrected chi connectivity index (χ4v) is 5.40. The van der Waals surface area contributed by atoms with E-state index in [-0.39, 0.29) is 0 Å². The highest BCUT2D eigenvalue weighted by Gasteiger charge is 2.17. The van der Waals surface area contributed by atoms with E-state index in [9.17, 15) is 4.39 Å². The van der Waals surface area contributed by atoms with Gasteiger partial charge < -0.3 is 0 Å². The van der Waals surface area contributed by atoms with Crippen molar-refractivity contribution in [2.75, 3.05) is 0 Å². The molecule has 3 aromatic carbocycles. The van der Waals surface area contributed by atoms with Crippen molar-refractivity contribution in [1.29, 1.82) is 0 Å². The summed E-state index contributed by atoms with van der Waals surface area (Å²) in [6, 6.07) is 36.7. The number of rotatable bonds is 4. The quantitative estimate of drug-likeness (QED) is 0.160. The van der Waals surface area contributed by atoms with Crippen LogP contribution in [-0.2, 0) is 0 Å². The second-order valence-electron chi connectivity index (χ2n) is 10.1. The lowest BCUT2D eigenvalue weighted by molar-refractivity contribution is 0.589. The Kier molecular flexibility index (Phi) is 5.86. The van der Waals surface area contributed by atoms with Crippen molar-refractivity contribution in [1.82, 2.24) is 29.9 Å². The SMILES string of the molecule is Fc1ccc2ccc3ccc(-c4ccc(-c5cccc6nc(-c7ccccn7)c(-c7ccccn7)nc56)cc4)nc3c2n1. The molecule has 0 aliphatic heterocycles. The highest BCUT2D eigenvalue weighted by Crippen LogP contribution is 2.34. The Morgan fingerprint density at radius 3 is 1.74 bits per heavy atom. The number of fused-ring (bicyclic) bond motifs is 4. The van der Waals surface area contributed by atoms with E-state index in [0.29, 0.717) is 22.4 Å². The molecule has 0 saturated carbocycles. The number of halogens is 1. The van der Waals surface area contributed by atoms with Crippen molar-refractivity contribution in [2.45, 2.75) is 0 Å². The first-order valence-corrected chi connectivity index (χ1v) is 13.8. The summed E-state index contributed by atoms with van der Waals surface area (Å²) in [5.41, 5.74) is 9.28. The Hall–Kier alpha value is -5.95. The van der Waals surface area contributed by atoms with Crippen LogP contribution in [0, 0.1) is 5.95 Å². The molecule has 0 aliphatic rings. The molecule has 202 valence electrons. The van der Waals surface area contributed by atoms with Crippen molar-refractivity contribution >= 4 is 32.8 Å². The third-order valence-electron chi connectivity index (χ3n) is 7.49. The molecule has 0 fully saturated rings. The van der Waals surface area contributed by atoms with Crippen LogP contribution in [0.1, 0.15) is 0 Å². The minimum atomic E-state index is -0.520. The van der Waals surface area contributed by atoms with Crippen molar-refractivity contribution in [3.05, 3.63) is 134 Å². The van der Waals surface area contributed by atoms with Gasteiger partial charge in [0.2, 0.25) is 5.95 Å². The third-order valence-corrected chi connectivity index (χ3v) is 7.49. The Balaban J connectivity index is 1.24. The normalized spacial score (nSPS) is 11.4. The first-order valence-electron chi connectivity index (χ1n) is 13.8. The van der Waals surface area contributed by atoms with Crippen LogP contribution in [-0.4, -0.2) is 29.9 Å². The Morgan fingerprint density at radius 1 is 0.419 bits per heavy atom. The molecule has 0 bridgehead atoms. The van der Waals surface area contributed by atoms with Gasteiger partial charge in [-0.1, -0.05) is 66.7 Å². The molecule has 0 amide bonds. The smallest absolute Gasteiger partial charge is 0.213 e. The molecule has 0 radical (unpaired) electrons. The zero-order chi connectivity index (χ0) is 28.8. The lowest BCUT2D eigenvalue weighted by atomic mass is 10.00. The molecule has 5 heterocycles. The molecule has 8 aromatic rings. The lowest BCUT2D eigenvalue weighted by Gasteiger charge is -2.12. The van der Waals surface area contributed by atoms with Crippen LogP contribution >= 0.6 is 0 Å². The highest BCUT2D eigenvalue weighted by atomic mass is 19.1. The number of pyridine rings is 4. The molecular weight excluding hydrogens is 535 g/mol. The maximum Gasteiger partial charge on any atom is 0.213 e. The molecule has 7 heteroatoms. The van der Waals surface area contributed by atoms with Gasteiger partial charge in [0, 0.05) is 34.3 Å². The second kappa shape index (κ2) is 10.2. The Morgan fingerprint density at radius 2 is 1.05 bits per heavy atom. The number of hydrogen-bond donors (Lipinski definition) is 0. The molecule has 0 spiro atoms. The number of para-hydroxylation sites is 1. The van der Waals surface area contributed by atoms with E-state index in [0.717, 1.165) is 55.6 Å². The maximum absolute atomic E-state index is 14.0. The third kappa shape index (κ3) is 4.44. The van der Waals surface area contributed by atoms with E-state index < -0.39 is 5.95 Å². The van der Waals surface area contributed by atoms with E-state index in [4.69, 9.17) is 15.0 Å². The second-order valence-corrected chi connectivity index (χ2v) is 10.1. The minimum Gasteiger partial charge on any atom is -0.255 e. The van der Waals surface area contributed by atoms with Gasteiger partial charge in [-0.2, -0.15) is 4.39 Å². The van der Waals surface area contributed by atoms with Crippen LogP contribution in [0.15, 0.2) is 128 Å². The Bertz CT molecular complexity index is 2290. The molecule has 8 rings (SSSR count). The average Bonchev–Trinajstić information content (AvgIpc) is 3.08. The van der Waals surface area contributed by atoms with Gasteiger partial charge in [0.05, 0.1) is 39.1 Å². The number of aromatic nitrogens is 6. The molecule has 43 heavy (non-hydrogen) atoms. The van der Waals surface area contributed by atoms with Crippen molar-refractivity contribution < 1.29 is 4.39 Å². The minimum absolute atomic E-state index is 0.520. The van der Waals surface area contributed by atoms with E-state index in [2.05, 4.69) is 33.2 Å². The molecule has 0 unspecified atom stereocenters. The van der Waals surface area contributed by atoms with Gasteiger partial charge in [-0.3, -0.25) is 9.97 Å². The van der Waals surface area contributed by atoms with Crippen LogP contribution in [0.3, 0.4) is 0 Å². The van der Waals surface area contributed by atoms with E-state index in [1.807, 2.05) is 84.9 Å². The van der Waals surface area contributed by atoms with Crippen LogP contribution in [0.4, 0.5) is 4.39 Å². The number of hydrogen-bond acceptors (Lipinski definition) is 6. The molecular formula is C36H21FN6. The standard InChI is InChI=1S/C36H21FN6/c37-31-19-17-25-15-14-24-16-18-27(40-32(24)33(25)42-31)23-12-10-22(11-13-23)26-6-5-9-30-34(26)43-36(29-8-2-4-21-39-29)35(41-30)28-7-1-3-20-38-28/h1-21H. The predicted octanol–water partition coefficient (Wildman–Crippen LogP) is 8.32. The topological polar surface area (TPSA) is 77.3 Å². The van der Waals surface area contributed by atoms with Crippen LogP contribution in [0.25, 0.3) is 78.0 Å². The van der Waals surface area contributed by atoms with Gasteiger partial charge >= 0.3 is 0 Å². The molecule has 0 saturated heterocycles.